The molecule has 1 heterocycles. The molecule has 0 spiro atoms. The number of nitrogens with zero attached hydrogens (tertiary/aromatic N) is 1. The third-order valence-electron chi connectivity index (χ3n) is 3.87. The summed E-state index contributed by atoms with van der Waals surface area (Å²) in [4.78, 5) is 14.4. The highest BCUT2D eigenvalue weighted by atomic mass is 16.5. The minimum Gasteiger partial charge on any atom is -0.496 e. The largest absolute Gasteiger partial charge is 0.496 e. The first-order valence-corrected chi connectivity index (χ1v) is 7.37. The first-order chi connectivity index (χ1) is 9.74. The number of carbonyl (C=O) groups excluding carboxylic acids is 1. The zero-order valence-corrected chi connectivity index (χ0v) is 12.4. The molecule has 1 atom stereocenters. The molecule has 2 rings (SSSR count). The van der Waals surface area contributed by atoms with E-state index in [0.717, 1.165) is 30.9 Å². The molecule has 1 amide bonds. The van der Waals surface area contributed by atoms with E-state index in [-0.39, 0.29) is 5.91 Å². The van der Waals surface area contributed by atoms with Crippen molar-refractivity contribution in [2.45, 2.75) is 32.2 Å². The number of nitrogens with one attached hydrogen (secondary N) is 1. The van der Waals surface area contributed by atoms with Crippen LogP contribution >= 0.6 is 0 Å². The molecule has 20 heavy (non-hydrogen) atoms. The van der Waals surface area contributed by atoms with Crippen molar-refractivity contribution in [3.63, 3.8) is 0 Å². The first kappa shape index (κ1) is 14.9. The van der Waals surface area contributed by atoms with E-state index < -0.39 is 0 Å². The van der Waals surface area contributed by atoms with Crippen molar-refractivity contribution in [2.24, 2.45) is 0 Å². The van der Waals surface area contributed by atoms with Gasteiger partial charge in [0.15, 0.2) is 0 Å². The smallest absolute Gasteiger partial charge is 0.227 e. The van der Waals surface area contributed by atoms with Crippen LogP contribution in [0.1, 0.15) is 25.3 Å². The molecule has 1 N–H and O–H groups in total. The fraction of sp³-hybridized carbons (Fsp3) is 0.562. The molecule has 1 unspecified atom stereocenters. The average molecular weight is 276 g/mol. The molecule has 4 heteroatoms. The van der Waals surface area contributed by atoms with Crippen LogP contribution in [-0.2, 0) is 11.2 Å². The molecule has 110 valence electrons. The van der Waals surface area contributed by atoms with Gasteiger partial charge in [0, 0.05) is 24.7 Å². The van der Waals surface area contributed by atoms with E-state index in [1.807, 2.05) is 36.1 Å². The highest BCUT2D eigenvalue weighted by Crippen LogP contribution is 2.19. The van der Waals surface area contributed by atoms with Crippen molar-refractivity contribution in [3.05, 3.63) is 29.8 Å². The number of carbonyl (C=O) groups is 1. The van der Waals surface area contributed by atoms with Crippen molar-refractivity contribution in [1.82, 2.24) is 10.2 Å². The number of rotatable bonds is 6. The summed E-state index contributed by atoms with van der Waals surface area (Å²) in [6.45, 7) is 4.68. The van der Waals surface area contributed by atoms with Crippen molar-refractivity contribution in [3.8, 4) is 5.75 Å². The minimum absolute atomic E-state index is 0.172. The molecule has 0 aromatic heterocycles. The lowest BCUT2D eigenvalue weighted by atomic mass is 10.1. The lowest BCUT2D eigenvalue weighted by Crippen LogP contribution is -2.41. The van der Waals surface area contributed by atoms with Gasteiger partial charge in [0.05, 0.1) is 13.5 Å². The Kier molecular flexibility index (Phi) is 5.41. The monoisotopic (exact) mass is 276 g/mol. The zero-order valence-electron chi connectivity index (χ0n) is 12.4. The molecule has 0 saturated carbocycles. The van der Waals surface area contributed by atoms with Crippen LogP contribution < -0.4 is 10.1 Å². The summed E-state index contributed by atoms with van der Waals surface area (Å²) >= 11 is 0. The second-order valence-electron chi connectivity index (χ2n) is 5.21. The minimum atomic E-state index is 0.172. The van der Waals surface area contributed by atoms with E-state index in [1.165, 1.54) is 12.8 Å². The molecule has 0 bridgehead atoms. The molecule has 1 aromatic rings. The van der Waals surface area contributed by atoms with Gasteiger partial charge in [-0.15, -0.1) is 0 Å². The molecule has 1 aliphatic rings. The van der Waals surface area contributed by atoms with Gasteiger partial charge >= 0.3 is 0 Å². The van der Waals surface area contributed by atoms with E-state index in [9.17, 15) is 4.79 Å². The molecular formula is C16H24N2O2. The number of para-hydroxylation sites is 1. The molecule has 0 aliphatic carbocycles. The topological polar surface area (TPSA) is 41.6 Å². The summed E-state index contributed by atoms with van der Waals surface area (Å²) in [6, 6.07) is 8.18. The van der Waals surface area contributed by atoms with Crippen molar-refractivity contribution >= 4 is 5.91 Å². The molecular weight excluding hydrogens is 252 g/mol. The van der Waals surface area contributed by atoms with Crippen LogP contribution in [0, 0.1) is 0 Å². The van der Waals surface area contributed by atoms with Crippen LogP contribution in [0.3, 0.4) is 0 Å². The zero-order chi connectivity index (χ0) is 14.4. The number of ether oxygens (including phenoxy) is 1. The predicted molar refractivity (Wildman–Crippen MR) is 80.0 cm³/mol. The lowest BCUT2D eigenvalue weighted by Gasteiger charge is -2.25. The molecule has 0 radical (unpaired) electrons. The standard InChI is InChI=1S/C16H24N2O2/c1-3-18(12-14-8-6-10-17-14)16(19)11-13-7-4-5-9-15(13)20-2/h4-5,7,9,14,17H,3,6,8,10-12H2,1-2H3. The Morgan fingerprint density at radius 1 is 1.45 bits per heavy atom. The molecule has 1 aromatic carbocycles. The Morgan fingerprint density at radius 2 is 2.25 bits per heavy atom. The second-order valence-corrected chi connectivity index (χ2v) is 5.21. The van der Waals surface area contributed by atoms with Crippen LogP contribution in [0.25, 0.3) is 0 Å². The van der Waals surface area contributed by atoms with Gasteiger partial charge in [0.2, 0.25) is 5.91 Å². The number of hydrogen-bond acceptors (Lipinski definition) is 3. The Labute approximate surface area is 121 Å². The van der Waals surface area contributed by atoms with E-state index in [4.69, 9.17) is 4.74 Å². The number of amides is 1. The fourth-order valence-corrected chi connectivity index (χ4v) is 2.71. The summed E-state index contributed by atoms with van der Waals surface area (Å²) in [5.74, 6) is 0.960. The molecule has 1 aliphatic heterocycles. The summed E-state index contributed by atoms with van der Waals surface area (Å²) in [5.41, 5.74) is 0.956. The number of likely N-dealkylation sites (N-methyl/N-ethyl adjacent to an activating group) is 1. The second kappa shape index (κ2) is 7.29. The van der Waals surface area contributed by atoms with Gasteiger partial charge in [-0.3, -0.25) is 4.79 Å². The summed E-state index contributed by atoms with van der Waals surface area (Å²) in [5, 5.41) is 3.44. The highest BCUT2D eigenvalue weighted by Gasteiger charge is 2.21. The van der Waals surface area contributed by atoms with Crippen molar-refractivity contribution < 1.29 is 9.53 Å². The normalized spacial score (nSPS) is 18.0. The maximum atomic E-state index is 12.4. The SMILES string of the molecule is CCN(CC1CCCN1)C(=O)Cc1ccccc1OC. The summed E-state index contributed by atoms with van der Waals surface area (Å²) in [6.07, 6.45) is 2.78. The molecule has 4 nitrogen and oxygen atoms in total. The third-order valence-corrected chi connectivity index (χ3v) is 3.87. The van der Waals surface area contributed by atoms with Gasteiger partial charge < -0.3 is 15.0 Å². The van der Waals surface area contributed by atoms with Crippen LogP contribution in [0.15, 0.2) is 24.3 Å². The van der Waals surface area contributed by atoms with E-state index in [0.29, 0.717) is 12.5 Å². The highest BCUT2D eigenvalue weighted by molar-refractivity contribution is 5.79. The Hall–Kier alpha value is -1.55. The fourth-order valence-electron chi connectivity index (χ4n) is 2.71. The van der Waals surface area contributed by atoms with Crippen LogP contribution in [0.4, 0.5) is 0 Å². The maximum Gasteiger partial charge on any atom is 0.227 e. The van der Waals surface area contributed by atoms with Crippen LogP contribution in [0.2, 0.25) is 0 Å². The predicted octanol–water partition coefficient (Wildman–Crippen LogP) is 1.84. The molecule has 1 fully saturated rings. The summed E-state index contributed by atoms with van der Waals surface area (Å²) < 4.78 is 5.31. The van der Waals surface area contributed by atoms with Gasteiger partial charge in [-0.25, -0.2) is 0 Å². The Balaban J connectivity index is 1.97. The van der Waals surface area contributed by atoms with Crippen molar-refractivity contribution in [2.75, 3.05) is 26.7 Å². The quantitative estimate of drug-likeness (QED) is 0.862. The van der Waals surface area contributed by atoms with Gasteiger partial charge in [-0.2, -0.15) is 0 Å². The van der Waals surface area contributed by atoms with E-state index >= 15 is 0 Å². The number of benzene rings is 1. The lowest BCUT2D eigenvalue weighted by molar-refractivity contribution is -0.130. The third kappa shape index (κ3) is 3.73. The average Bonchev–Trinajstić information content (AvgIpc) is 2.98. The molecule has 1 saturated heterocycles. The Morgan fingerprint density at radius 3 is 2.90 bits per heavy atom. The summed E-state index contributed by atoms with van der Waals surface area (Å²) in [7, 11) is 1.64. The van der Waals surface area contributed by atoms with Gasteiger partial charge in [0.1, 0.15) is 5.75 Å². The van der Waals surface area contributed by atoms with Crippen molar-refractivity contribution in [1.29, 1.82) is 0 Å². The Bertz CT molecular complexity index is 442. The van der Waals surface area contributed by atoms with Gasteiger partial charge in [0.25, 0.3) is 0 Å². The first-order valence-electron chi connectivity index (χ1n) is 7.37. The van der Waals surface area contributed by atoms with Crippen LogP contribution in [-0.4, -0.2) is 43.6 Å². The van der Waals surface area contributed by atoms with Gasteiger partial charge in [-0.05, 0) is 32.4 Å². The van der Waals surface area contributed by atoms with E-state index in [1.54, 1.807) is 7.11 Å². The van der Waals surface area contributed by atoms with Crippen LogP contribution in [0.5, 0.6) is 5.75 Å². The number of hydrogen-bond donors (Lipinski definition) is 1. The number of methoxy groups -OCH3 is 1. The van der Waals surface area contributed by atoms with Gasteiger partial charge in [-0.1, -0.05) is 18.2 Å². The van der Waals surface area contributed by atoms with E-state index in [2.05, 4.69) is 5.32 Å². The maximum absolute atomic E-state index is 12.4.